The smallest absolute Gasteiger partial charge is 0.321 e. The van der Waals surface area contributed by atoms with E-state index >= 15 is 0 Å². The number of aliphatic hydroxyl groups excluding tert-OH is 1. The molecule has 0 radical (unpaired) electrons. The van der Waals surface area contributed by atoms with Gasteiger partial charge in [0.15, 0.2) is 5.96 Å². The van der Waals surface area contributed by atoms with Crippen LogP contribution in [0.2, 0.25) is 0 Å². The van der Waals surface area contributed by atoms with E-state index in [0.29, 0.717) is 18.5 Å². The van der Waals surface area contributed by atoms with Gasteiger partial charge in [0, 0.05) is 30.5 Å². The first-order chi connectivity index (χ1) is 13.5. The number of aromatic nitrogens is 2. The third-order valence-electron chi connectivity index (χ3n) is 4.64. The Labute approximate surface area is 163 Å². The maximum atomic E-state index is 11.5. The number of nitrogens with one attached hydrogen (secondary N) is 4. The molecule has 0 aliphatic heterocycles. The molecule has 0 bridgehead atoms. The van der Waals surface area contributed by atoms with E-state index in [1.807, 2.05) is 24.3 Å². The van der Waals surface area contributed by atoms with Crippen molar-refractivity contribution in [3.63, 3.8) is 0 Å². The van der Waals surface area contributed by atoms with Crippen molar-refractivity contribution >= 4 is 17.9 Å². The number of guanidine groups is 1. The molecular weight excluding hydrogens is 358 g/mol. The molecule has 9 heteroatoms. The lowest BCUT2D eigenvalue weighted by Gasteiger charge is -2.26. The highest BCUT2D eigenvalue weighted by atomic mass is 16.3. The van der Waals surface area contributed by atoms with Gasteiger partial charge in [-0.15, -0.1) is 0 Å². The summed E-state index contributed by atoms with van der Waals surface area (Å²) in [5.41, 5.74) is 7.84. The molecule has 148 valence electrons. The second-order valence-corrected chi connectivity index (χ2v) is 6.87. The lowest BCUT2D eigenvalue weighted by Crippen LogP contribution is -2.42. The number of hydrogen-bond acceptors (Lipinski definition) is 6. The molecule has 28 heavy (non-hydrogen) atoms. The van der Waals surface area contributed by atoms with Crippen LogP contribution in [0.15, 0.2) is 36.7 Å². The number of benzene rings is 1. The zero-order valence-electron chi connectivity index (χ0n) is 15.5. The van der Waals surface area contributed by atoms with Crippen molar-refractivity contribution in [3.05, 3.63) is 42.2 Å². The molecule has 1 aliphatic carbocycles. The Bertz CT molecular complexity index is 817. The lowest BCUT2D eigenvalue weighted by atomic mass is 9.93. The minimum atomic E-state index is -0.521. The normalized spacial score (nSPS) is 18.9. The van der Waals surface area contributed by atoms with Gasteiger partial charge in [0.2, 0.25) is 5.95 Å². The summed E-state index contributed by atoms with van der Waals surface area (Å²) in [5, 5.41) is 24.8. The number of rotatable bonds is 5. The molecule has 0 unspecified atom stereocenters. The summed E-state index contributed by atoms with van der Waals surface area (Å²) in [6.45, 7) is 0.307. The van der Waals surface area contributed by atoms with Gasteiger partial charge in [-0.25, -0.2) is 14.8 Å². The number of urea groups is 1. The first kappa shape index (κ1) is 19.6. The standard InChI is InChI=1S/C19H25N7O2/c20-17(21)26-19(28)24-9-12-2-1-3-13(8-12)14-10-22-18(23-11-14)25-15-4-6-16(27)7-5-15/h1-3,8,10-11,15-16,27H,4-7,9H2,(H,22,23,25)(H5,20,21,24,26,28)/t15-,16-. The van der Waals surface area contributed by atoms with Crippen molar-refractivity contribution < 1.29 is 9.90 Å². The van der Waals surface area contributed by atoms with Gasteiger partial charge in [-0.05, 0) is 42.9 Å². The summed E-state index contributed by atoms with van der Waals surface area (Å²) in [7, 11) is 0. The Morgan fingerprint density at radius 2 is 1.89 bits per heavy atom. The Morgan fingerprint density at radius 1 is 1.18 bits per heavy atom. The molecule has 1 aromatic carbocycles. The van der Waals surface area contributed by atoms with E-state index in [1.165, 1.54) is 0 Å². The van der Waals surface area contributed by atoms with Gasteiger partial charge in [-0.2, -0.15) is 0 Å². The second-order valence-electron chi connectivity index (χ2n) is 6.87. The van der Waals surface area contributed by atoms with Crippen molar-refractivity contribution in [2.24, 2.45) is 5.73 Å². The van der Waals surface area contributed by atoms with Crippen molar-refractivity contribution in [1.29, 1.82) is 5.41 Å². The van der Waals surface area contributed by atoms with Crippen LogP contribution >= 0.6 is 0 Å². The van der Waals surface area contributed by atoms with Gasteiger partial charge < -0.3 is 21.5 Å². The average Bonchev–Trinajstić information content (AvgIpc) is 2.68. The maximum Gasteiger partial charge on any atom is 0.321 e. The maximum absolute atomic E-state index is 11.5. The van der Waals surface area contributed by atoms with Crippen molar-refractivity contribution in [2.45, 2.75) is 44.4 Å². The number of anilines is 1. The fourth-order valence-corrected chi connectivity index (χ4v) is 3.16. The zero-order valence-corrected chi connectivity index (χ0v) is 15.5. The molecule has 1 aromatic heterocycles. The van der Waals surface area contributed by atoms with Crippen LogP contribution in [0.3, 0.4) is 0 Å². The van der Waals surface area contributed by atoms with Gasteiger partial charge in [-0.3, -0.25) is 10.7 Å². The van der Waals surface area contributed by atoms with Gasteiger partial charge in [-0.1, -0.05) is 18.2 Å². The minimum Gasteiger partial charge on any atom is -0.393 e. The number of carbonyl (C=O) groups is 1. The number of aliphatic hydroxyl groups is 1. The Hall–Kier alpha value is -3.20. The van der Waals surface area contributed by atoms with E-state index in [1.54, 1.807) is 12.4 Å². The molecule has 0 saturated heterocycles. The van der Waals surface area contributed by atoms with Crippen LogP contribution in [0.4, 0.5) is 10.7 Å². The van der Waals surface area contributed by atoms with E-state index in [9.17, 15) is 9.90 Å². The third kappa shape index (κ3) is 5.65. The summed E-state index contributed by atoms with van der Waals surface area (Å²) >= 11 is 0. The highest BCUT2D eigenvalue weighted by Gasteiger charge is 2.19. The number of hydrogen-bond donors (Lipinski definition) is 6. The molecule has 1 fully saturated rings. The van der Waals surface area contributed by atoms with Crippen molar-refractivity contribution in [3.8, 4) is 11.1 Å². The minimum absolute atomic E-state index is 0.184. The van der Waals surface area contributed by atoms with Crippen LogP contribution in [-0.2, 0) is 6.54 Å². The molecular formula is C19H25N7O2. The molecule has 0 spiro atoms. The predicted octanol–water partition coefficient (Wildman–Crippen LogP) is 1.55. The summed E-state index contributed by atoms with van der Waals surface area (Å²) in [6, 6.07) is 7.47. The summed E-state index contributed by atoms with van der Waals surface area (Å²) in [4.78, 5) is 20.3. The van der Waals surface area contributed by atoms with E-state index in [0.717, 1.165) is 42.4 Å². The molecule has 1 saturated carbocycles. The number of carbonyl (C=O) groups excluding carboxylic acids is 1. The largest absolute Gasteiger partial charge is 0.393 e. The molecule has 0 atom stereocenters. The van der Waals surface area contributed by atoms with Crippen LogP contribution in [0.25, 0.3) is 11.1 Å². The Kier molecular flexibility index (Phi) is 6.38. The van der Waals surface area contributed by atoms with Gasteiger partial charge in [0.05, 0.1) is 6.10 Å². The topological polar surface area (TPSA) is 149 Å². The zero-order chi connectivity index (χ0) is 19.9. The highest BCUT2D eigenvalue weighted by molar-refractivity contribution is 5.93. The first-order valence-electron chi connectivity index (χ1n) is 9.24. The number of nitrogens with two attached hydrogens (primary N) is 1. The van der Waals surface area contributed by atoms with Crippen LogP contribution in [0, 0.1) is 5.41 Å². The van der Waals surface area contributed by atoms with Crippen molar-refractivity contribution in [1.82, 2.24) is 20.6 Å². The van der Waals surface area contributed by atoms with Crippen LogP contribution in [0.5, 0.6) is 0 Å². The van der Waals surface area contributed by atoms with Crippen LogP contribution in [0.1, 0.15) is 31.2 Å². The Balaban J connectivity index is 1.59. The quantitative estimate of drug-likeness (QED) is 0.341. The molecule has 7 N–H and O–H groups in total. The summed E-state index contributed by atoms with van der Waals surface area (Å²) in [6.07, 6.45) is 6.79. The van der Waals surface area contributed by atoms with E-state index in [4.69, 9.17) is 11.1 Å². The fraction of sp³-hybridized carbons (Fsp3) is 0.368. The van der Waals surface area contributed by atoms with Crippen molar-refractivity contribution in [2.75, 3.05) is 5.32 Å². The van der Waals surface area contributed by atoms with Gasteiger partial charge >= 0.3 is 6.03 Å². The van der Waals surface area contributed by atoms with E-state index < -0.39 is 12.0 Å². The summed E-state index contributed by atoms with van der Waals surface area (Å²) in [5.74, 6) is 0.186. The average molecular weight is 383 g/mol. The van der Waals surface area contributed by atoms with Crippen LogP contribution in [-0.4, -0.2) is 39.2 Å². The van der Waals surface area contributed by atoms with Gasteiger partial charge in [0.1, 0.15) is 0 Å². The third-order valence-corrected chi connectivity index (χ3v) is 4.64. The molecule has 3 rings (SSSR count). The highest BCUT2D eigenvalue weighted by Crippen LogP contribution is 2.22. The predicted molar refractivity (Wildman–Crippen MR) is 107 cm³/mol. The molecule has 9 nitrogen and oxygen atoms in total. The SMILES string of the molecule is N=C(N)NC(=O)NCc1cccc(-c2cnc(N[C@H]3CC[C@H](O)CC3)nc2)c1. The first-order valence-corrected chi connectivity index (χ1v) is 9.24. The molecule has 2 aromatic rings. The lowest BCUT2D eigenvalue weighted by molar-refractivity contribution is 0.126. The van der Waals surface area contributed by atoms with E-state index in [2.05, 4.69) is 25.9 Å². The van der Waals surface area contributed by atoms with Crippen LogP contribution < -0.4 is 21.7 Å². The van der Waals surface area contributed by atoms with Gasteiger partial charge in [0.25, 0.3) is 0 Å². The molecule has 1 aliphatic rings. The summed E-state index contributed by atoms with van der Waals surface area (Å²) < 4.78 is 0. The number of nitrogens with zero attached hydrogens (tertiary/aromatic N) is 2. The monoisotopic (exact) mass is 383 g/mol. The number of amides is 2. The molecule has 1 heterocycles. The van der Waals surface area contributed by atoms with E-state index in [-0.39, 0.29) is 6.10 Å². The molecule has 2 amide bonds. The second kappa shape index (κ2) is 9.14. The fourth-order valence-electron chi connectivity index (χ4n) is 3.16. The Morgan fingerprint density at radius 3 is 2.57 bits per heavy atom.